The lowest BCUT2D eigenvalue weighted by Gasteiger charge is -2.07. The third-order valence-corrected chi connectivity index (χ3v) is 3.28. The second kappa shape index (κ2) is 6.18. The Morgan fingerprint density at radius 2 is 1.83 bits per heavy atom. The molecule has 2 aromatic carbocycles. The number of nitro groups is 1. The van der Waals surface area contributed by atoms with Gasteiger partial charge in [-0.15, -0.1) is 0 Å². The molecule has 0 aliphatic carbocycles. The van der Waals surface area contributed by atoms with Crippen molar-refractivity contribution in [1.82, 2.24) is 5.16 Å². The lowest BCUT2D eigenvalue weighted by molar-refractivity contribution is -0.384. The number of non-ortho nitro benzene ring substituents is 1. The average molecular weight is 311 g/mol. The van der Waals surface area contributed by atoms with Crippen molar-refractivity contribution in [3.05, 3.63) is 70.5 Å². The Hall–Kier alpha value is -3.35. The van der Waals surface area contributed by atoms with Crippen molar-refractivity contribution in [3.63, 3.8) is 0 Å². The first-order valence-electron chi connectivity index (χ1n) is 6.80. The van der Waals surface area contributed by atoms with Gasteiger partial charge in [0.1, 0.15) is 30.0 Å². The van der Waals surface area contributed by atoms with E-state index in [-0.39, 0.29) is 5.69 Å². The van der Waals surface area contributed by atoms with Crippen LogP contribution in [0.1, 0.15) is 5.56 Å². The van der Waals surface area contributed by atoms with E-state index in [4.69, 9.17) is 15.0 Å². The van der Waals surface area contributed by atoms with Gasteiger partial charge in [-0.2, -0.15) is 0 Å². The molecule has 0 saturated carbocycles. The molecule has 0 aliphatic heterocycles. The predicted octanol–water partition coefficient (Wildman–Crippen LogP) is 3.41. The van der Waals surface area contributed by atoms with Crippen LogP contribution in [-0.2, 0) is 6.61 Å². The van der Waals surface area contributed by atoms with Crippen LogP contribution in [-0.4, -0.2) is 10.1 Å². The van der Waals surface area contributed by atoms with Gasteiger partial charge in [-0.25, -0.2) is 0 Å². The minimum absolute atomic E-state index is 0.0586. The second-order valence-corrected chi connectivity index (χ2v) is 4.86. The first-order chi connectivity index (χ1) is 11.1. The minimum atomic E-state index is -0.432. The highest BCUT2D eigenvalue weighted by Crippen LogP contribution is 2.26. The Morgan fingerprint density at radius 1 is 1.13 bits per heavy atom. The zero-order valence-electron chi connectivity index (χ0n) is 12.0. The molecule has 2 N–H and O–H groups in total. The normalized spacial score (nSPS) is 10.4. The first-order valence-corrected chi connectivity index (χ1v) is 6.80. The number of nitrogens with zero attached hydrogens (tertiary/aromatic N) is 2. The molecule has 23 heavy (non-hydrogen) atoms. The summed E-state index contributed by atoms with van der Waals surface area (Å²) in [6.07, 6.45) is 1.38. The van der Waals surface area contributed by atoms with Crippen LogP contribution in [0.4, 0.5) is 11.4 Å². The van der Waals surface area contributed by atoms with Crippen molar-refractivity contribution in [3.8, 4) is 17.0 Å². The fourth-order valence-corrected chi connectivity index (χ4v) is 2.05. The van der Waals surface area contributed by atoms with Gasteiger partial charge >= 0.3 is 0 Å². The summed E-state index contributed by atoms with van der Waals surface area (Å²) in [6.45, 7) is 0.323. The fraction of sp³-hybridized carbons (Fsp3) is 0.0625. The third kappa shape index (κ3) is 3.29. The summed E-state index contributed by atoms with van der Waals surface area (Å²) in [6, 6.07) is 13.5. The Labute approximate surface area is 131 Å². The molecule has 0 unspecified atom stereocenters. The van der Waals surface area contributed by atoms with Crippen molar-refractivity contribution in [2.24, 2.45) is 0 Å². The SMILES string of the molecule is Nc1conc1-c1ccc(OCc2ccc([N+](=O)[O-])cc2)cc1. The molecular formula is C16H13N3O4. The fourth-order valence-electron chi connectivity index (χ4n) is 2.05. The van der Waals surface area contributed by atoms with Gasteiger partial charge in [0, 0.05) is 17.7 Å². The van der Waals surface area contributed by atoms with Crippen molar-refractivity contribution in [2.75, 3.05) is 5.73 Å². The molecule has 0 atom stereocenters. The van der Waals surface area contributed by atoms with Crippen LogP contribution in [0.5, 0.6) is 5.75 Å². The molecule has 1 aromatic heterocycles. The predicted molar refractivity (Wildman–Crippen MR) is 83.8 cm³/mol. The Bertz CT molecular complexity index is 810. The molecule has 116 valence electrons. The van der Waals surface area contributed by atoms with Crippen LogP contribution in [0.3, 0.4) is 0 Å². The Balaban J connectivity index is 1.64. The number of hydrogen-bond donors (Lipinski definition) is 1. The van der Waals surface area contributed by atoms with E-state index in [1.54, 1.807) is 24.3 Å². The van der Waals surface area contributed by atoms with Crippen LogP contribution in [0.25, 0.3) is 11.3 Å². The number of rotatable bonds is 5. The van der Waals surface area contributed by atoms with Crippen LogP contribution < -0.4 is 10.5 Å². The summed E-state index contributed by atoms with van der Waals surface area (Å²) >= 11 is 0. The summed E-state index contributed by atoms with van der Waals surface area (Å²) in [5, 5.41) is 14.4. The molecule has 0 spiro atoms. The lowest BCUT2D eigenvalue weighted by Crippen LogP contribution is -1.96. The maximum Gasteiger partial charge on any atom is 0.269 e. The number of ether oxygens (including phenoxy) is 1. The molecule has 7 heteroatoms. The lowest BCUT2D eigenvalue weighted by atomic mass is 10.1. The number of benzene rings is 2. The van der Waals surface area contributed by atoms with E-state index in [9.17, 15) is 10.1 Å². The number of nitrogen functional groups attached to an aromatic ring is 1. The van der Waals surface area contributed by atoms with E-state index in [1.807, 2.05) is 12.1 Å². The topological polar surface area (TPSA) is 104 Å². The molecule has 0 bridgehead atoms. The van der Waals surface area contributed by atoms with Crippen molar-refractivity contribution < 1.29 is 14.2 Å². The molecule has 0 saturated heterocycles. The van der Waals surface area contributed by atoms with Crippen LogP contribution in [0, 0.1) is 10.1 Å². The third-order valence-electron chi connectivity index (χ3n) is 3.28. The summed E-state index contributed by atoms with van der Waals surface area (Å²) in [5.74, 6) is 0.675. The van der Waals surface area contributed by atoms with Gasteiger partial charge in [0.25, 0.3) is 5.69 Å². The van der Waals surface area contributed by atoms with Crippen molar-refractivity contribution in [1.29, 1.82) is 0 Å². The van der Waals surface area contributed by atoms with Gasteiger partial charge in [-0.3, -0.25) is 10.1 Å². The maximum atomic E-state index is 10.6. The highest BCUT2D eigenvalue weighted by molar-refractivity contribution is 5.71. The van der Waals surface area contributed by atoms with Gasteiger partial charge in [-0.05, 0) is 42.0 Å². The minimum Gasteiger partial charge on any atom is -0.489 e. The molecule has 0 fully saturated rings. The van der Waals surface area contributed by atoms with E-state index < -0.39 is 4.92 Å². The monoisotopic (exact) mass is 311 g/mol. The highest BCUT2D eigenvalue weighted by atomic mass is 16.6. The van der Waals surface area contributed by atoms with Gasteiger partial charge in [0.05, 0.1) is 4.92 Å². The number of anilines is 1. The smallest absolute Gasteiger partial charge is 0.269 e. The Morgan fingerprint density at radius 3 is 2.39 bits per heavy atom. The standard InChI is InChI=1S/C16H13N3O4/c17-15-10-23-18-16(15)12-3-7-14(8-4-12)22-9-11-1-5-13(6-2-11)19(20)21/h1-8,10H,9,17H2. The summed E-state index contributed by atoms with van der Waals surface area (Å²) in [7, 11) is 0. The van der Waals surface area contributed by atoms with E-state index in [1.165, 1.54) is 18.4 Å². The van der Waals surface area contributed by atoms with E-state index in [0.29, 0.717) is 23.7 Å². The van der Waals surface area contributed by atoms with Gasteiger partial charge in [0.15, 0.2) is 0 Å². The maximum absolute atomic E-state index is 10.6. The molecule has 3 rings (SSSR count). The van der Waals surface area contributed by atoms with Crippen LogP contribution in [0.15, 0.2) is 59.3 Å². The molecule has 3 aromatic rings. The average Bonchev–Trinajstić information content (AvgIpc) is 3.00. The number of hydrogen-bond acceptors (Lipinski definition) is 6. The van der Waals surface area contributed by atoms with Crippen molar-refractivity contribution >= 4 is 11.4 Å². The number of nitro benzene ring substituents is 1. The first kappa shape index (κ1) is 14.6. The van der Waals surface area contributed by atoms with E-state index in [2.05, 4.69) is 5.16 Å². The molecule has 0 amide bonds. The second-order valence-electron chi connectivity index (χ2n) is 4.86. The van der Waals surface area contributed by atoms with Crippen LogP contribution in [0.2, 0.25) is 0 Å². The molecule has 1 heterocycles. The quantitative estimate of drug-likeness (QED) is 0.572. The summed E-state index contributed by atoms with van der Waals surface area (Å²) in [4.78, 5) is 10.2. The molecular weight excluding hydrogens is 298 g/mol. The van der Waals surface area contributed by atoms with E-state index in [0.717, 1.165) is 11.1 Å². The number of aromatic nitrogens is 1. The van der Waals surface area contributed by atoms with Gasteiger partial charge in [0.2, 0.25) is 0 Å². The van der Waals surface area contributed by atoms with Crippen LogP contribution >= 0.6 is 0 Å². The summed E-state index contributed by atoms with van der Waals surface area (Å²) < 4.78 is 10.5. The van der Waals surface area contributed by atoms with Gasteiger partial charge in [-0.1, -0.05) is 5.16 Å². The molecule has 7 nitrogen and oxygen atoms in total. The summed E-state index contributed by atoms with van der Waals surface area (Å²) in [5.41, 5.74) is 8.55. The van der Waals surface area contributed by atoms with E-state index >= 15 is 0 Å². The van der Waals surface area contributed by atoms with Gasteiger partial charge < -0.3 is 15.0 Å². The molecule has 0 radical (unpaired) electrons. The van der Waals surface area contributed by atoms with Crippen molar-refractivity contribution in [2.45, 2.75) is 6.61 Å². The highest BCUT2D eigenvalue weighted by Gasteiger charge is 2.08. The zero-order valence-corrected chi connectivity index (χ0v) is 12.0. The number of nitrogens with two attached hydrogens (primary N) is 1. The molecule has 0 aliphatic rings. The largest absolute Gasteiger partial charge is 0.489 e. The zero-order chi connectivity index (χ0) is 16.2. The Kier molecular flexibility index (Phi) is 3.92.